The lowest BCUT2D eigenvalue weighted by molar-refractivity contribution is -0.386. The summed E-state index contributed by atoms with van der Waals surface area (Å²) in [5.41, 5.74) is 1.78. The molecule has 1 amide bonds. The third kappa shape index (κ3) is 3.55. The normalized spacial score (nSPS) is 10.8. The molecular formula is C14H20N6O3. The van der Waals surface area contributed by atoms with Crippen LogP contribution >= 0.6 is 0 Å². The Labute approximate surface area is 133 Å². The number of nitro groups is 1. The second-order valence-electron chi connectivity index (χ2n) is 5.45. The van der Waals surface area contributed by atoms with E-state index in [1.165, 1.54) is 4.68 Å². The van der Waals surface area contributed by atoms with Crippen LogP contribution in [0.3, 0.4) is 0 Å². The average Bonchev–Trinajstić information content (AvgIpc) is 2.99. The molecule has 2 aromatic rings. The van der Waals surface area contributed by atoms with Crippen molar-refractivity contribution < 1.29 is 9.72 Å². The summed E-state index contributed by atoms with van der Waals surface area (Å²) in [5.74, 6) is -0.0543. The summed E-state index contributed by atoms with van der Waals surface area (Å²) >= 11 is 0. The van der Waals surface area contributed by atoms with E-state index in [1.54, 1.807) is 36.7 Å². The molecule has 0 aliphatic heterocycles. The van der Waals surface area contributed by atoms with Gasteiger partial charge in [-0.1, -0.05) is 0 Å². The maximum atomic E-state index is 12.2. The molecule has 0 bridgehead atoms. The molecule has 2 aromatic heterocycles. The molecule has 0 atom stereocenters. The molecule has 23 heavy (non-hydrogen) atoms. The summed E-state index contributed by atoms with van der Waals surface area (Å²) in [7, 11) is 3.54. The van der Waals surface area contributed by atoms with Gasteiger partial charge >= 0.3 is 5.69 Å². The molecule has 9 nitrogen and oxygen atoms in total. The van der Waals surface area contributed by atoms with E-state index in [1.807, 2.05) is 13.1 Å². The molecule has 9 heteroatoms. The first-order chi connectivity index (χ1) is 10.8. The highest BCUT2D eigenvalue weighted by molar-refractivity contribution is 5.75. The number of aryl methyl sites for hydroxylation is 3. The molecule has 0 radical (unpaired) electrons. The lowest BCUT2D eigenvalue weighted by atomic mass is 10.3. The van der Waals surface area contributed by atoms with Crippen molar-refractivity contribution in [3.63, 3.8) is 0 Å². The fraction of sp³-hybridized carbons (Fsp3) is 0.500. The van der Waals surface area contributed by atoms with Crippen molar-refractivity contribution in [2.75, 3.05) is 7.05 Å². The van der Waals surface area contributed by atoms with Crippen molar-refractivity contribution in [3.05, 3.63) is 39.5 Å². The molecule has 0 aliphatic carbocycles. The monoisotopic (exact) mass is 320 g/mol. The summed E-state index contributed by atoms with van der Waals surface area (Å²) in [4.78, 5) is 24.4. The second kappa shape index (κ2) is 6.59. The van der Waals surface area contributed by atoms with Gasteiger partial charge in [0.05, 0.1) is 23.7 Å². The van der Waals surface area contributed by atoms with Crippen molar-refractivity contribution in [3.8, 4) is 0 Å². The standard InChI is InChI=1S/C14H20N6O3/c1-10-14(20(22)23)11(2)19(16-10)8-6-13(21)17(3)9-12-5-7-15-18(12)4/h5,7H,6,8-9H2,1-4H3. The second-order valence-corrected chi connectivity index (χ2v) is 5.45. The fourth-order valence-electron chi connectivity index (χ4n) is 2.45. The van der Waals surface area contributed by atoms with Crippen molar-refractivity contribution in [2.45, 2.75) is 33.4 Å². The van der Waals surface area contributed by atoms with Gasteiger partial charge in [-0.25, -0.2) is 0 Å². The Kier molecular flexibility index (Phi) is 4.77. The van der Waals surface area contributed by atoms with Crippen LogP contribution in [-0.4, -0.2) is 42.3 Å². The Balaban J connectivity index is 1.98. The number of rotatable bonds is 6. The highest BCUT2D eigenvalue weighted by Gasteiger charge is 2.22. The number of carbonyl (C=O) groups is 1. The SMILES string of the molecule is Cc1nn(CCC(=O)N(C)Cc2ccnn2C)c(C)c1[N+](=O)[O-]. The molecule has 0 N–H and O–H groups in total. The van der Waals surface area contributed by atoms with E-state index in [0.29, 0.717) is 24.5 Å². The smallest absolute Gasteiger partial charge is 0.312 e. The minimum atomic E-state index is -0.440. The van der Waals surface area contributed by atoms with Crippen LogP contribution in [0.25, 0.3) is 0 Å². The minimum absolute atomic E-state index is 0.0145. The Hall–Kier alpha value is -2.71. The number of amides is 1. The first kappa shape index (κ1) is 16.7. The summed E-state index contributed by atoms with van der Waals surface area (Å²) in [5, 5.41) is 19.2. The topological polar surface area (TPSA) is 99.1 Å². The maximum Gasteiger partial charge on any atom is 0.312 e. The quantitative estimate of drug-likeness (QED) is 0.588. The predicted octanol–water partition coefficient (Wildman–Crippen LogP) is 1.19. The number of hydrogen-bond acceptors (Lipinski definition) is 5. The van der Waals surface area contributed by atoms with Gasteiger partial charge in [0.2, 0.25) is 5.91 Å². The largest absolute Gasteiger partial charge is 0.340 e. The zero-order chi connectivity index (χ0) is 17.1. The van der Waals surface area contributed by atoms with E-state index in [2.05, 4.69) is 10.2 Å². The molecule has 124 valence electrons. The van der Waals surface area contributed by atoms with Crippen molar-refractivity contribution >= 4 is 11.6 Å². The summed E-state index contributed by atoms with van der Waals surface area (Å²) in [6.45, 7) is 4.02. The third-order valence-corrected chi connectivity index (χ3v) is 3.81. The van der Waals surface area contributed by atoms with Gasteiger partial charge in [0, 0.05) is 26.7 Å². The average molecular weight is 320 g/mol. The Morgan fingerprint density at radius 3 is 2.65 bits per heavy atom. The molecular weight excluding hydrogens is 300 g/mol. The first-order valence-electron chi connectivity index (χ1n) is 7.20. The molecule has 0 saturated heterocycles. The highest BCUT2D eigenvalue weighted by atomic mass is 16.6. The third-order valence-electron chi connectivity index (χ3n) is 3.81. The molecule has 0 aliphatic rings. The lowest BCUT2D eigenvalue weighted by Gasteiger charge is -2.17. The van der Waals surface area contributed by atoms with Gasteiger partial charge in [0.25, 0.3) is 0 Å². The maximum absolute atomic E-state index is 12.2. The Morgan fingerprint density at radius 1 is 1.43 bits per heavy atom. The van der Waals surface area contributed by atoms with Gasteiger partial charge in [0.15, 0.2) is 0 Å². The van der Waals surface area contributed by atoms with Gasteiger partial charge in [0.1, 0.15) is 11.4 Å². The van der Waals surface area contributed by atoms with Crippen LogP contribution in [0.1, 0.15) is 23.5 Å². The van der Waals surface area contributed by atoms with Gasteiger partial charge in [-0.05, 0) is 19.9 Å². The number of hydrogen-bond donors (Lipinski definition) is 0. The molecule has 0 aromatic carbocycles. The molecule has 2 rings (SSSR count). The van der Waals surface area contributed by atoms with E-state index in [-0.39, 0.29) is 18.0 Å². The predicted molar refractivity (Wildman–Crippen MR) is 82.7 cm³/mol. The Morgan fingerprint density at radius 2 is 2.13 bits per heavy atom. The number of carbonyl (C=O) groups excluding carboxylic acids is 1. The van der Waals surface area contributed by atoms with Gasteiger partial charge < -0.3 is 4.90 Å². The Bertz CT molecular complexity index is 733. The lowest BCUT2D eigenvalue weighted by Crippen LogP contribution is -2.28. The number of aromatic nitrogens is 4. The molecule has 0 saturated carbocycles. The fourth-order valence-corrected chi connectivity index (χ4v) is 2.45. The zero-order valence-corrected chi connectivity index (χ0v) is 13.7. The zero-order valence-electron chi connectivity index (χ0n) is 13.7. The van der Waals surface area contributed by atoms with Crippen LogP contribution in [0, 0.1) is 24.0 Å². The van der Waals surface area contributed by atoms with E-state index < -0.39 is 4.92 Å². The van der Waals surface area contributed by atoms with Crippen LogP contribution in [0.2, 0.25) is 0 Å². The van der Waals surface area contributed by atoms with Crippen LogP contribution in [0.4, 0.5) is 5.69 Å². The molecule has 0 fully saturated rings. The van der Waals surface area contributed by atoms with Crippen LogP contribution in [-0.2, 0) is 24.9 Å². The van der Waals surface area contributed by atoms with Crippen molar-refractivity contribution in [1.82, 2.24) is 24.5 Å². The highest BCUT2D eigenvalue weighted by Crippen LogP contribution is 2.21. The first-order valence-corrected chi connectivity index (χ1v) is 7.20. The van der Waals surface area contributed by atoms with E-state index in [0.717, 1.165) is 5.69 Å². The minimum Gasteiger partial charge on any atom is -0.340 e. The van der Waals surface area contributed by atoms with E-state index in [9.17, 15) is 14.9 Å². The van der Waals surface area contributed by atoms with Crippen LogP contribution < -0.4 is 0 Å². The summed E-state index contributed by atoms with van der Waals surface area (Å²) < 4.78 is 3.23. The van der Waals surface area contributed by atoms with Gasteiger partial charge in [-0.2, -0.15) is 10.2 Å². The van der Waals surface area contributed by atoms with E-state index in [4.69, 9.17) is 0 Å². The molecule has 2 heterocycles. The van der Waals surface area contributed by atoms with Crippen molar-refractivity contribution in [2.24, 2.45) is 7.05 Å². The van der Waals surface area contributed by atoms with Gasteiger partial charge in [-0.3, -0.25) is 24.3 Å². The van der Waals surface area contributed by atoms with Gasteiger partial charge in [-0.15, -0.1) is 0 Å². The summed E-state index contributed by atoms with van der Waals surface area (Å²) in [6, 6.07) is 1.86. The van der Waals surface area contributed by atoms with Crippen LogP contribution in [0.5, 0.6) is 0 Å². The van der Waals surface area contributed by atoms with E-state index >= 15 is 0 Å². The van der Waals surface area contributed by atoms with Crippen molar-refractivity contribution in [1.29, 1.82) is 0 Å². The molecule has 0 spiro atoms. The number of nitrogens with zero attached hydrogens (tertiary/aromatic N) is 6. The molecule has 0 unspecified atom stereocenters. The summed E-state index contributed by atoms with van der Waals surface area (Å²) in [6.07, 6.45) is 1.91. The van der Waals surface area contributed by atoms with Crippen LogP contribution in [0.15, 0.2) is 12.3 Å².